The molecule has 0 aliphatic carbocycles. The lowest BCUT2D eigenvalue weighted by atomic mass is 10.2. The van der Waals surface area contributed by atoms with E-state index in [2.05, 4.69) is 0 Å². The van der Waals surface area contributed by atoms with E-state index in [1.807, 2.05) is 0 Å². The van der Waals surface area contributed by atoms with Gasteiger partial charge in [0.25, 0.3) is 5.69 Å². The highest BCUT2D eigenvalue weighted by atomic mass is 16.6. The lowest BCUT2D eigenvalue weighted by Crippen LogP contribution is -1.99. The standard InChI is InChI=1S/C15H13NO5/c1-20-14-7-4-12(9-17)8-15(14)21-10-11-2-5-13(6-3-11)16(18)19/h2-9H,10H2,1H3. The minimum Gasteiger partial charge on any atom is -0.493 e. The Kier molecular flexibility index (Phi) is 4.50. The predicted octanol–water partition coefficient (Wildman–Crippen LogP) is 2.99. The van der Waals surface area contributed by atoms with Crippen molar-refractivity contribution in [2.75, 3.05) is 7.11 Å². The first-order chi connectivity index (χ1) is 10.1. The van der Waals surface area contributed by atoms with Gasteiger partial charge in [0.1, 0.15) is 12.9 Å². The fraction of sp³-hybridized carbons (Fsp3) is 0.133. The first kappa shape index (κ1) is 14.5. The first-order valence-electron chi connectivity index (χ1n) is 6.13. The number of ether oxygens (including phenoxy) is 2. The van der Waals surface area contributed by atoms with Crippen molar-refractivity contribution in [1.82, 2.24) is 0 Å². The molecule has 2 aromatic carbocycles. The van der Waals surface area contributed by atoms with Crippen LogP contribution in [0.25, 0.3) is 0 Å². The lowest BCUT2D eigenvalue weighted by molar-refractivity contribution is -0.384. The number of nitro benzene ring substituents is 1. The Morgan fingerprint density at radius 3 is 2.43 bits per heavy atom. The Bertz CT molecular complexity index is 652. The Balaban J connectivity index is 2.11. The maximum atomic E-state index is 10.8. The highest BCUT2D eigenvalue weighted by Crippen LogP contribution is 2.28. The van der Waals surface area contributed by atoms with Gasteiger partial charge in [-0.2, -0.15) is 0 Å². The quantitative estimate of drug-likeness (QED) is 0.463. The number of rotatable bonds is 6. The van der Waals surface area contributed by atoms with Crippen molar-refractivity contribution in [3.8, 4) is 11.5 Å². The number of aldehydes is 1. The summed E-state index contributed by atoms with van der Waals surface area (Å²) < 4.78 is 10.8. The number of non-ortho nitro benzene ring substituents is 1. The lowest BCUT2D eigenvalue weighted by Gasteiger charge is -2.11. The molecule has 0 aliphatic heterocycles. The molecule has 0 aromatic heterocycles. The van der Waals surface area contributed by atoms with E-state index in [0.29, 0.717) is 17.1 Å². The number of carbonyl (C=O) groups excluding carboxylic acids is 1. The number of nitrogens with zero attached hydrogens (tertiary/aromatic N) is 1. The molecule has 0 saturated carbocycles. The second kappa shape index (κ2) is 6.51. The zero-order valence-corrected chi connectivity index (χ0v) is 11.3. The molecule has 6 heteroatoms. The molecule has 0 N–H and O–H groups in total. The predicted molar refractivity (Wildman–Crippen MR) is 75.8 cm³/mol. The van der Waals surface area contributed by atoms with Crippen LogP contribution in [0.1, 0.15) is 15.9 Å². The van der Waals surface area contributed by atoms with E-state index < -0.39 is 4.92 Å². The molecule has 0 amide bonds. The summed E-state index contributed by atoms with van der Waals surface area (Å²) in [6.07, 6.45) is 0.720. The third kappa shape index (κ3) is 3.56. The van der Waals surface area contributed by atoms with Gasteiger partial charge >= 0.3 is 0 Å². The second-order valence-corrected chi connectivity index (χ2v) is 4.24. The van der Waals surface area contributed by atoms with Crippen LogP contribution in [0.5, 0.6) is 11.5 Å². The van der Waals surface area contributed by atoms with E-state index in [1.165, 1.54) is 19.2 Å². The Hall–Kier alpha value is -2.89. The van der Waals surface area contributed by atoms with Crippen molar-refractivity contribution in [2.24, 2.45) is 0 Å². The number of carbonyl (C=O) groups is 1. The van der Waals surface area contributed by atoms with Gasteiger partial charge in [0.15, 0.2) is 11.5 Å². The van der Waals surface area contributed by atoms with Gasteiger partial charge in [-0.1, -0.05) is 0 Å². The molecule has 0 aliphatic rings. The molecule has 0 atom stereocenters. The number of benzene rings is 2. The van der Waals surface area contributed by atoms with Gasteiger partial charge in [-0.05, 0) is 35.9 Å². The van der Waals surface area contributed by atoms with Crippen LogP contribution in [0.15, 0.2) is 42.5 Å². The second-order valence-electron chi connectivity index (χ2n) is 4.24. The normalized spacial score (nSPS) is 9.95. The van der Waals surface area contributed by atoms with Crippen LogP contribution >= 0.6 is 0 Å². The fourth-order valence-corrected chi connectivity index (χ4v) is 1.75. The zero-order valence-electron chi connectivity index (χ0n) is 11.3. The number of hydrogen-bond acceptors (Lipinski definition) is 5. The van der Waals surface area contributed by atoms with Gasteiger partial charge in [-0.15, -0.1) is 0 Å². The summed E-state index contributed by atoms with van der Waals surface area (Å²) in [6.45, 7) is 0.219. The SMILES string of the molecule is COc1ccc(C=O)cc1OCc1ccc([N+](=O)[O-])cc1. The van der Waals surface area contributed by atoms with E-state index in [-0.39, 0.29) is 12.3 Å². The van der Waals surface area contributed by atoms with E-state index in [1.54, 1.807) is 30.3 Å². The molecular weight excluding hydrogens is 274 g/mol. The third-order valence-electron chi connectivity index (χ3n) is 2.87. The first-order valence-corrected chi connectivity index (χ1v) is 6.13. The molecule has 0 heterocycles. The molecule has 0 fully saturated rings. The van der Waals surface area contributed by atoms with Crippen LogP contribution in [0.2, 0.25) is 0 Å². The summed E-state index contributed by atoms with van der Waals surface area (Å²) >= 11 is 0. The highest BCUT2D eigenvalue weighted by molar-refractivity contribution is 5.76. The van der Waals surface area contributed by atoms with Crippen molar-refractivity contribution in [3.05, 3.63) is 63.7 Å². The molecule has 2 aromatic rings. The fourth-order valence-electron chi connectivity index (χ4n) is 1.75. The minimum atomic E-state index is -0.457. The molecular formula is C15H13NO5. The van der Waals surface area contributed by atoms with Crippen LogP contribution in [0.3, 0.4) is 0 Å². The molecule has 0 saturated heterocycles. The summed E-state index contributed by atoms with van der Waals surface area (Å²) in [6, 6.07) is 10.9. The smallest absolute Gasteiger partial charge is 0.269 e. The maximum Gasteiger partial charge on any atom is 0.269 e. The highest BCUT2D eigenvalue weighted by Gasteiger charge is 2.07. The molecule has 0 radical (unpaired) electrons. The van der Waals surface area contributed by atoms with Crippen LogP contribution in [0.4, 0.5) is 5.69 Å². The summed E-state index contributed by atoms with van der Waals surface area (Å²) in [5, 5.41) is 10.6. The van der Waals surface area contributed by atoms with Crippen molar-refractivity contribution >= 4 is 12.0 Å². The molecule has 21 heavy (non-hydrogen) atoms. The molecule has 0 spiro atoms. The average Bonchev–Trinajstić information content (AvgIpc) is 2.52. The summed E-state index contributed by atoms with van der Waals surface area (Å²) in [5.41, 5.74) is 1.29. The summed E-state index contributed by atoms with van der Waals surface area (Å²) in [7, 11) is 1.51. The number of methoxy groups -OCH3 is 1. The van der Waals surface area contributed by atoms with E-state index in [0.717, 1.165) is 11.8 Å². The van der Waals surface area contributed by atoms with Crippen molar-refractivity contribution < 1.29 is 19.2 Å². The molecule has 6 nitrogen and oxygen atoms in total. The topological polar surface area (TPSA) is 78.7 Å². The molecule has 0 unspecified atom stereocenters. The molecule has 0 bridgehead atoms. The van der Waals surface area contributed by atoms with Gasteiger partial charge in [-0.3, -0.25) is 14.9 Å². The van der Waals surface area contributed by atoms with Crippen LogP contribution in [0, 0.1) is 10.1 Å². The zero-order chi connectivity index (χ0) is 15.2. The number of hydrogen-bond donors (Lipinski definition) is 0. The van der Waals surface area contributed by atoms with Gasteiger partial charge in [0.2, 0.25) is 0 Å². The molecule has 2 rings (SSSR count). The third-order valence-corrected chi connectivity index (χ3v) is 2.87. The average molecular weight is 287 g/mol. The van der Waals surface area contributed by atoms with Crippen LogP contribution < -0.4 is 9.47 Å². The Morgan fingerprint density at radius 1 is 1.14 bits per heavy atom. The minimum absolute atomic E-state index is 0.0271. The van der Waals surface area contributed by atoms with Gasteiger partial charge in [0, 0.05) is 17.7 Å². The van der Waals surface area contributed by atoms with Crippen LogP contribution in [-0.2, 0) is 6.61 Å². The van der Waals surface area contributed by atoms with E-state index in [9.17, 15) is 14.9 Å². The van der Waals surface area contributed by atoms with Gasteiger partial charge < -0.3 is 9.47 Å². The monoisotopic (exact) mass is 287 g/mol. The van der Waals surface area contributed by atoms with E-state index in [4.69, 9.17) is 9.47 Å². The summed E-state index contributed by atoms with van der Waals surface area (Å²) in [4.78, 5) is 20.9. The summed E-state index contributed by atoms with van der Waals surface area (Å²) in [5.74, 6) is 0.961. The maximum absolute atomic E-state index is 10.8. The van der Waals surface area contributed by atoms with Crippen molar-refractivity contribution in [3.63, 3.8) is 0 Å². The van der Waals surface area contributed by atoms with Crippen molar-refractivity contribution in [1.29, 1.82) is 0 Å². The van der Waals surface area contributed by atoms with Gasteiger partial charge in [-0.25, -0.2) is 0 Å². The Labute approximate surface area is 121 Å². The van der Waals surface area contributed by atoms with Crippen molar-refractivity contribution in [2.45, 2.75) is 6.61 Å². The molecule has 108 valence electrons. The van der Waals surface area contributed by atoms with Gasteiger partial charge in [0.05, 0.1) is 12.0 Å². The largest absolute Gasteiger partial charge is 0.493 e. The van der Waals surface area contributed by atoms with Crippen LogP contribution in [-0.4, -0.2) is 18.3 Å². The number of nitro groups is 1. The Morgan fingerprint density at radius 2 is 1.86 bits per heavy atom. The van der Waals surface area contributed by atoms with E-state index >= 15 is 0 Å².